The predicted molar refractivity (Wildman–Crippen MR) is 58.3 cm³/mol. The number of hydroxylamine groups is 2. The van der Waals surface area contributed by atoms with E-state index in [1.165, 1.54) is 0 Å². The van der Waals surface area contributed by atoms with Gasteiger partial charge in [-0.1, -0.05) is 5.23 Å². The van der Waals surface area contributed by atoms with Crippen molar-refractivity contribution in [1.29, 1.82) is 0 Å². The summed E-state index contributed by atoms with van der Waals surface area (Å²) in [5.41, 5.74) is 0. The van der Waals surface area contributed by atoms with Gasteiger partial charge in [-0.15, -0.1) is 0 Å². The molecule has 3 N–H and O–H groups in total. The molecule has 0 heterocycles. The first-order chi connectivity index (χ1) is 7.24. The van der Waals surface area contributed by atoms with Gasteiger partial charge in [0.2, 0.25) is 0 Å². The van der Waals surface area contributed by atoms with Crippen LogP contribution in [0.2, 0.25) is 0 Å². The van der Waals surface area contributed by atoms with E-state index in [4.69, 9.17) is 19.7 Å². The van der Waals surface area contributed by atoms with Crippen LogP contribution in [0.1, 0.15) is 6.42 Å². The highest BCUT2D eigenvalue weighted by molar-refractivity contribution is 7.93. The molecule has 0 fully saturated rings. The minimum absolute atomic E-state index is 0.0736. The van der Waals surface area contributed by atoms with E-state index in [1.54, 1.807) is 6.26 Å². The molecular formula is C8H20N2O4S. The lowest BCUT2D eigenvalue weighted by molar-refractivity contribution is -0.272. The van der Waals surface area contributed by atoms with Crippen LogP contribution in [0.3, 0.4) is 0 Å². The quantitative estimate of drug-likeness (QED) is 0.353. The molecular weight excluding hydrogens is 220 g/mol. The second-order valence-corrected chi connectivity index (χ2v) is 3.44. The van der Waals surface area contributed by atoms with Crippen LogP contribution in [0.25, 0.3) is 0 Å². The summed E-state index contributed by atoms with van der Waals surface area (Å²) in [5, 5.41) is 27.4. The van der Waals surface area contributed by atoms with Crippen LogP contribution in [0.4, 0.5) is 0 Å². The fourth-order valence-corrected chi connectivity index (χ4v) is 1.42. The largest absolute Gasteiger partial charge is 0.395 e. The molecule has 0 spiro atoms. The molecule has 7 heteroatoms. The molecule has 15 heavy (non-hydrogen) atoms. The minimum atomic E-state index is 0.0736. The number of hydrogen-bond acceptors (Lipinski definition) is 7. The third kappa shape index (κ3) is 9.06. The van der Waals surface area contributed by atoms with Crippen molar-refractivity contribution in [1.82, 2.24) is 10.1 Å². The van der Waals surface area contributed by atoms with Crippen LogP contribution < -0.4 is 0 Å². The average Bonchev–Trinajstić information content (AvgIpc) is 2.19. The molecule has 0 aliphatic carbocycles. The number of hydrogen-bond donors (Lipinski definition) is 3. The summed E-state index contributed by atoms with van der Waals surface area (Å²) in [5.74, 6) is 0. The van der Waals surface area contributed by atoms with E-state index in [0.29, 0.717) is 32.6 Å². The Bertz CT molecular complexity index is 136. The Morgan fingerprint density at radius 1 is 1.07 bits per heavy atom. The smallest absolute Gasteiger partial charge is 0.0558 e. The van der Waals surface area contributed by atoms with Crippen molar-refractivity contribution in [2.45, 2.75) is 6.42 Å². The Balaban J connectivity index is 3.51. The summed E-state index contributed by atoms with van der Waals surface area (Å²) < 4.78 is 4.73. The molecule has 0 amide bonds. The van der Waals surface area contributed by atoms with Gasteiger partial charge in [-0.3, -0.25) is 10.1 Å². The van der Waals surface area contributed by atoms with Gasteiger partial charge in [-0.2, -0.15) is 0 Å². The lowest BCUT2D eigenvalue weighted by atomic mass is 10.3. The van der Waals surface area contributed by atoms with Crippen LogP contribution >= 0.6 is 12.0 Å². The first-order valence-corrected chi connectivity index (χ1v) is 6.00. The van der Waals surface area contributed by atoms with Gasteiger partial charge in [0.05, 0.1) is 19.8 Å². The lowest BCUT2D eigenvalue weighted by Crippen LogP contribution is -2.32. The van der Waals surface area contributed by atoms with Gasteiger partial charge in [0.25, 0.3) is 0 Å². The molecule has 0 unspecified atom stereocenters. The monoisotopic (exact) mass is 240 g/mol. The first-order valence-electron chi connectivity index (χ1n) is 4.85. The number of nitrogens with zero attached hydrogens (tertiary/aromatic N) is 2. The highest BCUT2D eigenvalue weighted by atomic mass is 32.2. The van der Waals surface area contributed by atoms with Gasteiger partial charge in [0.15, 0.2) is 0 Å². The van der Waals surface area contributed by atoms with Gasteiger partial charge < -0.3 is 10.2 Å². The minimum Gasteiger partial charge on any atom is -0.395 e. The highest BCUT2D eigenvalue weighted by Crippen LogP contribution is 2.00. The van der Waals surface area contributed by atoms with Gasteiger partial charge in [-0.05, 0) is 13.0 Å². The normalized spacial score (nSPS) is 11.6. The standard InChI is InChI=1S/C8H20N2O4S/c1-15-14-10(13)4-2-3-9(5-7-11)6-8-12/h11-13H,2-8H2,1H3. The fraction of sp³-hybridized carbons (Fsp3) is 1.00. The Kier molecular flexibility index (Phi) is 10.7. The van der Waals surface area contributed by atoms with Crippen molar-refractivity contribution in [3.05, 3.63) is 0 Å². The van der Waals surface area contributed by atoms with E-state index in [1.807, 2.05) is 4.90 Å². The molecule has 0 bridgehead atoms. The molecule has 0 saturated heterocycles. The molecule has 6 nitrogen and oxygen atoms in total. The van der Waals surface area contributed by atoms with E-state index in [2.05, 4.69) is 0 Å². The number of rotatable bonds is 10. The summed E-state index contributed by atoms with van der Waals surface area (Å²) in [6.45, 7) is 2.32. The highest BCUT2D eigenvalue weighted by Gasteiger charge is 2.05. The molecule has 92 valence electrons. The second-order valence-electron chi connectivity index (χ2n) is 2.96. The van der Waals surface area contributed by atoms with Gasteiger partial charge in [-0.25, -0.2) is 4.28 Å². The summed E-state index contributed by atoms with van der Waals surface area (Å²) in [6.07, 6.45) is 2.42. The van der Waals surface area contributed by atoms with E-state index in [9.17, 15) is 0 Å². The molecule has 0 radical (unpaired) electrons. The van der Waals surface area contributed by atoms with Gasteiger partial charge in [0.1, 0.15) is 0 Å². The van der Waals surface area contributed by atoms with E-state index in [-0.39, 0.29) is 13.2 Å². The molecule has 0 aliphatic rings. The third-order valence-corrected chi connectivity index (χ3v) is 2.14. The van der Waals surface area contributed by atoms with E-state index in [0.717, 1.165) is 17.3 Å². The maximum Gasteiger partial charge on any atom is 0.0558 e. The summed E-state index contributed by atoms with van der Waals surface area (Å²) >= 11 is 1.07. The van der Waals surface area contributed by atoms with Crippen molar-refractivity contribution >= 4 is 12.0 Å². The van der Waals surface area contributed by atoms with E-state index < -0.39 is 0 Å². The Labute approximate surface area is 94.5 Å². The summed E-state index contributed by atoms with van der Waals surface area (Å²) in [6, 6.07) is 0. The van der Waals surface area contributed by atoms with Crippen molar-refractivity contribution < 1.29 is 19.7 Å². The second kappa shape index (κ2) is 10.6. The zero-order valence-corrected chi connectivity index (χ0v) is 9.82. The van der Waals surface area contributed by atoms with Crippen LogP contribution in [0.5, 0.6) is 0 Å². The molecule has 0 atom stereocenters. The maximum absolute atomic E-state index is 9.09. The Morgan fingerprint density at radius 3 is 2.13 bits per heavy atom. The topological polar surface area (TPSA) is 76.4 Å². The van der Waals surface area contributed by atoms with Crippen LogP contribution in [0.15, 0.2) is 0 Å². The van der Waals surface area contributed by atoms with E-state index >= 15 is 0 Å². The van der Waals surface area contributed by atoms with Crippen molar-refractivity contribution in [2.24, 2.45) is 0 Å². The average molecular weight is 240 g/mol. The molecule has 0 aliphatic heterocycles. The third-order valence-electron chi connectivity index (χ3n) is 1.82. The fourth-order valence-electron chi connectivity index (χ4n) is 1.17. The summed E-state index contributed by atoms with van der Waals surface area (Å²) in [4.78, 5) is 1.92. The van der Waals surface area contributed by atoms with Crippen molar-refractivity contribution in [3.63, 3.8) is 0 Å². The molecule has 0 aromatic carbocycles. The first kappa shape index (κ1) is 15.1. The Morgan fingerprint density at radius 2 is 1.67 bits per heavy atom. The Hall–Kier alpha value is 0.110. The zero-order valence-electron chi connectivity index (χ0n) is 9.00. The van der Waals surface area contributed by atoms with Crippen LogP contribution in [-0.2, 0) is 4.28 Å². The molecule has 0 saturated carbocycles. The zero-order chi connectivity index (χ0) is 11.5. The number of aliphatic hydroxyl groups is 2. The van der Waals surface area contributed by atoms with Crippen molar-refractivity contribution in [2.75, 3.05) is 45.6 Å². The van der Waals surface area contributed by atoms with Crippen molar-refractivity contribution in [3.8, 4) is 0 Å². The molecule has 0 aromatic rings. The lowest BCUT2D eigenvalue weighted by Gasteiger charge is -2.20. The molecule has 0 aromatic heterocycles. The van der Waals surface area contributed by atoms with Gasteiger partial charge >= 0.3 is 0 Å². The van der Waals surface area contributed by atoms with Crippen LogP contribution in [-0.4, -0.2) is 71.2 Å². The predicted octanol–water partition coefficient (Wildman–Crippen LogP) is -0.436. The van der Waals surface area contributed by atoms with Gasteiger partial charge in [0, 0.05) is 31.4 Å². The maximum atomic E-state index is 9.09. The molecule has 0 rings (SSSR count). The van der Waals surface area contributed by atoms with Crippen LogP contribution in [0, 0.1) is 0 Å². The SMILES string of the molecule is CSON(O)CCCN(CCO)CCO. The summed E-state index contributed by atoms with van der Waals surface area (Å²) in [7, 11) is 0. The number of aliphatic hydroxyl groups excluding tert-OH is 2.